The molecule has 0 bridgehead atoms. The van der Waals surface area contributed by atoms with Crippen molar-refractivity contribution >= 4 is 28.0 Å². The summed E-state index contributed by atoms with van der Waals surface area (Å²) >= 11 is 0. The standard InChI is InChI=1S/C31H33FN6O3/c1-18-27(37(4)36-35-18)21-16-24-26(33-17-21)22-10-11-23(31(2,3)34-30(39)40)25(32)29(22)38(24)28(19-8-6-5-7-9-19)20-12-14-41-15-13-20/h5-11,16-17,20,28,34H,12-15H2,1-4H3,(H,39,40)/t28-/m1/s1. The summed E-state index contributed by atoms with van der Waals surface area (Å²) in [5, 5.41) is 21.0. The molecule has 6 rings (SSSR count). The summed E-state index contributed by atoms with van der Waals surface area (Å²) in [6.45, 7) is 6.51. The molecule has 212 valence electrons. The number of carboxylic acid groups (broad SMARTS) is 1. The zero-order chi connectivity index (χ0) is 28.9. The second-order valence-electron chi connectivity index (χ2n) is 11.3. The molecule has 1 amide bonds. The Labute approximate surface area is 237 Å². The second kappa shape index (κ2) is 10.3. The Morgan fingerprint density at radius 1 is 1.17 bits per heavy atom. The van der Waals surface area contributed by atoms with Gasteiger partial charge in [0.2, 0.25) is 0 Å². The minimum Gasteiger partial charge on any atom is -0.465 e. The number of hydrogen-bond donors (Lipinski definition) is 2. The minimum absolute atomic E-state index is 0.182. The highest BCUT2D eigenvalue weighted by Gasteiger charge is 2.34. The number of nitrogens with zero attached hydrogens (tertiary/aromatic N) is 5. The lowest BCUT2D eigenvalue weighted by Gasteiger charge is -2.33. The Morgan fingerprint density at radius 2 is 1.90 bits per heavy atom. The van der Waals surface area contributed by atoms with Crippen LogP contribution in [0.15, 0.2) is 54.7 Å². The molecule has 2 N–H and O–H groups in total. The number of aryl methyl sites for hydroxylation is 2. The van der Waals surface area contributed by atoms with Crippen LogP contribution in [0.4, 0.5) is 9.18 Å². The average molecular weight is 557 g/mol. The first kappa shape index (κ1) is 26.9. The zero-order valence-corrected chi connectivity index (χ0v) is 23.6. The summed E-state index contributed by atoms with van der Waals surface area (Å²) in [7, 11) is 1.84. The van der Waals surface area contributed by atoms with Crippen molar-refractivity contribution < 1.29 is 19.0 Å². The predicted octanol–water partition coefficient (Wildman–Crippen LogP) is 5.95. The fourth-order valence-corrected chi connectivity index (χ4v) is 6.36. The largest absolute Gasteiger partial charge is 0.465 e. The van der Waals surface area contributed by atoms with E-state index in [0.717, 1.165) is 40.9 Å². The molecule has 1 aliphatic heterocycles. The van der Waals surface area contributed by atoms with E-state index in [0.29, 0.717) is 29.6 Å². The fraction of sp³-hybridized carbons (Fsp3) is 0.355. The van der Waals surface area contributed by atoms with Crippen LogP contribution in [-0.4, -0.2) is 49.0 Å². The lowest BCUT2D eigenvalue weighted by atomic mass is 9.86. The average Bonchev–Trinajstić information content (AvgIpc) is 3.45. The van der Waals surface area contributed by atoms with Crippen molar-refractivity contribution in [3.05, 3.63) is 77.4 Å². The van der Waals surface area contributed by atoms with E-state index in [1.807, 2.05) is 44.3 Å². The van der Waals surface area contributed by atoms with Gasteiger partial charge in [0, 0.05) is 43.0 Å². The molecule has 0 unspecified atom stereocenters. The number of amides is 1. The van der Waals surface area contributed by atoms with Crippen molar-refractivity contribution in [2.24, 2.45) is 13.0 Å². The topological polar surface area (TPSA) is 107 Å². The van der Waals surface area contributed by atoms with Crippen molar-refractivity contribution in [2.45, 2.75) is 45.2 Å². The molecule has 9 nitrogen and oxygen atoms in total. The Hall–Kier alpha value is -4.31. The van der Waals surface area contributed by atoms with E-state index >= 15 is 4.39 Å². The quantitative estimate of drug-likeness (QED) is 0.268. The summed E-state index contributed by atoms with van der Waals surface area (Å²) in [5.41, 5.74) is 4.49. The van der Waals surface area contributed by atoms with Gasteiger partial charge in [-0.1, -0.05) is 47.7 Å². The molecule has 5 aromatic rings. The van der Waals surface area contributed by atoms with Crippen LogP contribution in [0.1, 0.15) is 49.6 Å². The molecule has 0 spiro atoms. The fourth-order valence-electron chi connectivity index (χ4n) is 6.36. The number of benzene rings is 2. The number of hydrogen-bond acceptors (Lipinski definition) is 5. The number of pyridine rings is 1. The van der Waals surface area contributed by atoms with Gasteiger partial charge in [-0.25, -0.2) is 13.9 Å². The molecule has 1 aliphatic rings. The molecule has 0 radical (unpaired) electrons. The van der Waals surface area contributed by atoms with E-state index in [1.165, 1.54) is 0 Å². The molecule has 41 heavy (non-hydrogen) atoms. The summed E-state index contributed by atoms with van der Waals surface area (Å²) in [6.07, 6.45) is 2.22. The van der Waals surface area contributed by atoms with Crippen molar-refractivity contribution in [3.63, 3.8) is 0 Å². The van der Waals surface area contributed by atoms with E-state index < -0.39 is 17.4 Å². The van der Waals surface area contributed by atoms with Gasteiger partial charge in [-0.05, 0) is 51.2 Å². The normalized spacial score (nSPS) is 15.4. The van der Waals surface area contributed by atoms with Crippen LogP contribution in [0.3, 0.4) is 0 Å². The summed E-state index contributed by atoms with van der Waals surface area (Å²) in [4.78, 5) is 16.5. The van der Waals surface area contributed by atoms with Crippen LogP contribution < -0.4 is 5.32 Å². The van der Waals surface area contributed by atoms with Gasteiger partial charge in [0.05, 0.1) is 39.5 Å². The molecule has 10 heteroatoms. The molecule has 3 aromatic heterocycles. The molecule has 1 fully saturated rings. The highest BCUT2D eigenvalue weighted by molar-refractivity contribution is 6.07. The Bertz CT molecular complexity index is 1740. The molecule has 0 saturated carbocycles. The van der Waals surface area contributed by atoms with Crippen LogP contribution in [0.5, 0.6) is 0 Å². The summed E-state index contributed by atoms with van der Waals surface area (Å²) in [5.74, 6) is -0.283. The maximum atomic E-state index is 16.9. The van der Waals surface area contributed by atoms with Crippen molar-refractivity contribution in [2.75, 3.05) is 13.2 Å². The molecule has 4 heterocycles. The molecular formula is C31H33FN6O3. The number of carbonyl (C=O) groups is 1. The van der Waals surface area contributed by atoms with Crippen molar-refractivity contribution in [1.29, 1.82) is 0 Å². The third-order valence-corrected chi connectivity index (χ3v) is 8.23. The Kier molecular flexibility index (Phi) is 6.73. The predicted molar refractivity (Wildman–Crippen MR) is 154 cm³/mol. The molecule has 2 aromatic carbocycles. The van der Waals surface area contributed by atoms with Crippen LogP contribution in [0, 0.1) is 18.7 Å². The van der Waals surface area contributed by atoms with Gasteiger partial charge >= 0.3 is 6.09 Å². The number of aromatic nitrogens is 5. The number of fused-ring (bicyclic) bond motifs is 3. The van der Waals surface area contributed by atoms with E-state index in [1.54, 1.807) is 30.8 Å². The van der Waals surface area contributed by atoms with Gasteiger partial charge in [0.25, 0.3) is 0 Å². The monoisotopic (exact) mass is 556 g/mol. The van der Waals surface area contributed by atoms with Crippen LogP contribution in [0.2, 0.25) is 0 Å². The lowest BCUT2D eigenvalue weighted by Crippen LogP contribution is -2.40. The SMILES string of the molecule is Cc1nnn(C)c1-c1cnc2c3ccc(C(C)(C)NC(=O)O)c(F)c3n([C@H](c3ccccc3)C3CCOCC3)c2c1. The number of ether oxygens (including phenoxy) is 1. The van der Waals surface area contributed by atoms with Crippen molar-refractivity contribution in [1.82, 2.24) is 29.9 Å². The van der Waals surface area contributed by atoms with E-state index in [9.17, 15) is 9.90 Å². The van der Waals surface area contributed by atoms with E-state index in [2.05, 4.69) is 32.3 Å². The van der Waals surface area contributed by atoms with Gasteiger partial charge in [-0.3, -0.25) is 4.98 Å². The number of nitrogens with one attached hydrogen (secondary N) is 1. The minimum atomic E-state index is -1.22. The number of rotatable bonds is 6. The van der Waals surface area contributed by atoms with Crippen molar-refractivity contribution in [3.8, 4) is 11.3 Å². The maximum Gasteiger partial charge on any atom is 0.405 e. The highest BCUT2D eigenvalue weighted by Crippen LogP contribution is 2.43. The molecule has 0 aliphatic carbocycles. The third-order valence-electron chi connectivity index (χ3n) is 8.23. The lowest BCUT2D eigenvalue weighted by molar-refractivity contribution is 0.0552. The van der Waals surface area contributed by atoms with Crippen LogP contribution >= 0.6 is 0 Å². The third kappa shape index (κ3) is 4.61. The Morgan fingerprint density at radius 3 is 2.56 bits per heavy atom. The zero-order valence-electron chi connectivity index (χ0n) is 23.6. The van der Waals surface area contributed by atoms with Gasteiger partial charge in [0.15, 0.2) is 5.82 Å². The van der Waals surface area contributed by atoms with Crippen LogP contribution in [0.25, 0.3) is 33.2 Å². The molecule has 1 atom stereocenters. The number of halogens is 1. The first-order chi connectivity index (χ1) is 19.7. The smallest absolute Gasteiger partial charge is 0.405 e. The molecular weight excluding hydrogens is 523 g/mol. The molecule has 1 saturated heterocycles. The first-order valence-corrected chi connectivity index (χ1v) is 13.8. The van der Waals surface area contributed by atoms with Crippen LogP contribution in [-0.2, 0) is 17.3 Å². The maximum absolute atomic E-state index is 16.9. The van der Waals surface area contributed by atoms with Gasteiger partial charge in [-0.2, -0.15) is 0 Å². The highest BCUT2D eigenvalue weighted by atomic mass is 19.1. The van der Waals surface area contributed by atoms with Gasteiger partial charge in [-0.15, -0.1) is 5.10 Å². The van der Waals surface area contributed by atoms with E-state index in [4.69, 9.17) is 9.72 Å². The summed E-state index contributed by atoms with van der Waals surface area (Å²) in [6, 6.07) is 15.5. The first-order valence-electron chi connectivity index (χ1n) is 13.8. The Balaban J connectivity index is 1.71. The second-order valence-corrected chi connectivity index (χ2v) is 11.3. The van der Waals surface area contributed by atoms with E-state index in [-0.39, 0.29) is 17.5 Å². The summed E-state index contributed by atoms with van der Waals surface area (Å²) < 4.78 is 26.5. The van der Waals surface area contributed by atoms with Gasteiger partial charge in [0.1, 0.15) is 0 Å². The van der Waals surface area contributed by atoms with Gasteiger partial charge < -0.3 is 19.7 Å².